The Morgan fingerprint density at radius 2 is 2.00 bits per heavy atom. The highest BCUT2D eigenvalue weighted by Crippen LogP contribution is 1.92. The Balaban J connectivity index is 3.35. The molecule has 0 amide bonds. The minimum atomic E-state index is -1.36. The molecule has 0 atom stereocenters. The van der Waals surface area contributed by atoms with Crippen molar-refractivity contribution < 1.29 is 19.8 Å². The van der Waals surface area contributed by atoms with Crippen molar-refractivity contribution in [3.05, 3.63) is 0 Å². The predicted octanol–water partition coefficient (Wildman–Crippen LogP) is -1.53. The smallest absolute Gasteiger partial charge is 0.138 e. The number of hydrogen-bond donors (Lipinski definition) is 1. The van der Waals surface area contributed by atoms with Gasteiger partial charge in [-0.1, -0.05) is 0 Å². The van der Waals surface area contributed by atoms with E-state index < -0.39 is 18.2 Å². The number of rotatable bonds is 5. The van der Waals surface area contributed by atoms with Gasteiger partial charge in [-0.15, -0.1) is 0 Å². The molecular weight excluding hydrogens is 136 g/mol. The monoisotopic (exact) mass is 145 g/mol. The number of aliphatic hydroxyl groups excluding tert-OH is 1. The molecule has 0 aromatic carbocycles. The first kappa shape index (κ1) is 9.10. The maximum absolute atomic E-state index is 10.5. The first-order valence-electron chi connectivity index (χ1n) is 2.99. The third kappa shape index (κ3) is 5.24. The number of carboxylic acid groups (broad SMARTS) is 1. The quantitative estimate of drug-likeness (QED) is 0.476. The third-order valence-electron chi connectivity index (χ3n) is 0.955. The van der Waals surface area contributed by atoms with Crippen LogP contribution < -0.4 is 5.11 Å². The van der Waals surface area contributed by atoms with Gasteiger partial charge in [0.1, 0.15) is 5.78 Å². The van der Waals surface area contributed by atoms with Crippen LogP contribution in [0.2, 0.25) is 0 Å². The summed E-state index contributed by atoms with van der Waals surface area (Å²) >= 11 is 0. The predicted molar refractivity (Wildman–Crippen MR) is 31.0 cm³/mol. The molecule has 0 bridgehead atoms. The van der Waals surface area contributed by atoms with Gasteiger partial charge in [0.05, 0.1) is 0 Å². The highest BCUT2D eigenvalue weighted by molar-refractivity contribution is 5.93. The van der Waals surface area contributed by atoms with E-state index in [1.165, 1.54) is 0 Å². The molecule has 0 aliphatic heterocycles. The number of aliphatic carboxylic acids is 1. The van der Waals surface area contributed by atoms with Gasteiger partial charge in [-0.3, -0.25) is 4.79 Å². The van der Waals surface area contributed by atoms with Crippen LogP contribution in [-0.2, 0) is 9.59 Å². The largest absolute Gasteiger partial charge is 0.550 e. The van der Waals surface area contributed by atoms with Gasteiger partial charge in [0, 0.05) is 25.4 Å². The van der Waals surface area contributed by atoms with Crippen LogP contribution in [0.3, 0.4) is 0 Å². The molecule has 4 heteroatoms. The van der Waals surface area contributed by atoms with E-state index in [-0.39, 0.29) is 13.0 Å². The topological polar surface area (TPSA) is 77.4 Å². The fourth-order valence-electron chi connectivity index (χ4n) is 0.526. The number of ketones is 1. The van der Waals surface area contributed by atoms with E-state index in [4.69, 9.17) is 5.11 Å². The van der Waals surface area contributed by atoms with Crippen molar-refractivity contribution >= 4 is 11.8 Å². The van der Waals surface area contributed by atoms with Crippen molar-refractivity contribution in [2.45, 2.75) is 19.3 Å². The molecule has 0 rings (SSSR count). The highest BCUT2D eigenvalue weighted by Gasteiger charge is 1.99. The molecule has 0 spiro atoms. The van der Waals surface area contributed by atoms with Crippen LogP contribution in [0, 0.1) is 0 Å². The Morgan fingerprint density at radius 1 is 1.40 bits per heavy atom. The minimum absolute atomic E-state index is 0.0845. The summed E-state index contributed by atoms with van der Waals surface area (Å²) in [6.45, 7) is -0.0845. The summed E-state index contributed by atoms with van der Waals surface area (Å²) in [7, 11) is 0. The van der Waals surface area contributed by atoms with Gasteiger partial charge >= 0.3 is 0 Å². The van der Waals surface area contributed by atoms with E-state index in [9.17, 15) is 14.7 Å². The van der Waals surface area contributed by atoms with Crippen LogP contribution in [0.1, 0.15) is 19.3 Å². The summed E-state index contributed by atoms with van der Waals surface area (Å²) < 4.78 is 0. The summed E-state index contributed by atoms with van der Waals surface area (Å²) in [6.07, 6.45) is -0.101. The summed E-state index contributed by atoms with van der Waals surface area (Å²) in [4.78, 5) is 20.3. The average Bonchev–Trinajstić information content (AvgIpc) is 1.82. The van der Waals surface area contributed by atoms with E-state index in [1.54, 1.807) is 0 Å². The van der Waals surface area contributed by atoms with E-state index in [2.05, 4.69) is 0 Å². The first-order valence-corrected chi connectivity index (χ1v) is 2.99. The Morgan fingerprint density at radius 3 is 2.40 bits per heavy atom. The normalized spacial score (nSPS) is 9.30. The lowest BCUT2D eigenvalue weighted by Crippen LogP contribution is -2.25. The molecule has 1 N–H and O–H groups in total. The number of carbonyl (C=O) groups excluding carboxylic acids is 2. The van der Waals surface area contributed by atoms with E-state index in [0.717, 1.165) is 0 Å². The molecule has 0 saturated heterocycles. The molecule has 58 valence electrons. The highest BCUT2D eigenvalue weighted by atomic mass is 16.4. The third-order valence-corrected chi connectivity index (χ3v) is 0.955. The lowest BCUT2D eigenvalue weighted by Gasteiger charge is -1.98. The fraction of sp³-hybridized carbons (Fsp3) is 0.667. The lowest BCUT2D eigenvalue weighted by atomic mass is 10.2. The molecule has 0 aromatic rings. The zero-order chi connectivity index (χ0) is 7.98. The van der Waals surface area contributed by atoms with Crippen LogP contribution >= 0.6 is 0 Å². The zero-order valence-electron chi connectivity index (χ0n) is 5.50. The number of carboxylic acids is 1. The van der Waals surface area contributed by atoms with Crippen molar-refractivity contribution in [3.8, 4) is 0 Å². The van der Waals surface area contributed by atoms with Crippen molar-refractivity contribution in [3.63, 3.8) is 0 Å². The summed E-state index contributed by atoms with van der Waals surface area (Å²) in [5, 5.41) is 18.0. The first-order chi connectivity index (χ1) is 4.66. The molecule has 10 heavy (non-hydrogen) atoms. The maximum Gasteiger partial charge on any atom is 0.138 e. The zero-order valence-corrected chi connectivity index (χ0v) is 5.50. The molecule has 0 saturated carbocycles. The van der Waals surface area contributed by atoms with Crippen LogP contribution in [0.15, 0.2) is 0 Å². The summed E-state index contributed by atoms with van der Waals surface area (Å²) in [5.74, 6) is -1.75. The number of Topliss-reactive ketones (excluding diaryl/α,β-unsaturated/α-hetero) is 1. The standard InChI is InChI=1S/C6H10O4/c7-3-1-2-5(8)4-6(9)10/h7H,1-4H2,(H,9,10)/p-1. The maximum atomic E-state index is 10.5. The molecule has 0 unspecified atom stereocenters. The number of carbonyl (C=O) groups is 2. The molecule has 0 aromatic heterocycles. The molecule has 0 heterocycles. The second-order valence-electron chi connectivity index (χ2n) is 1.91. The summed E-state index contributed by atoms with van der Waals surface area (Å²) in [5.41, 5.74) is 0. The van der Waals surface area contributed by atoms with Crippen molar-refractivity contribution in [1.82, 2.24) is 0 Å². The average molecular weight is 145 g/mol. The van der Waals surface area contributed by atoms with Gasteiger partial charge < -0.3 is 15.0 Å². The second kappa shape index (κ2) is 4.93. The van der Waals surface area contributed by atoms with E-state index >= 15 is 0 Å². The van der Waals surface area contributed by atoms with Crippen LogP contribution in [0.5, 0.6) is 0 Å². The molecule has 0 aliphatic carbocycles. The Bertz CT molecular complexity index is 130. The lowest BCUT2D eigenvalue weighted by molar-refractivity contribution is -0.304. The van der Waals surface area contributed by atoms with Crippen LogP contribution in [0.25, 0.3) is 0 Å². The van der Waals surface area contributed by atoms with Crippen LogP contribution in [-0.4, -0.2) is 23.5 Å². The second-order valence-corrected chi connectivity index (χ2v) is 1.91. The van der Waals surface area contributed by atoms with E-state index in [1.807, 2.05) is 0 Å². The molecule has 0 aliphatic rings. The Hall–Kier alpha value is -0.900. The Labute approximate surface area is 58.5 Å². The number of hydrogen-bond acceptors (Lipinski definition) is 4. The van der Waals surface area contributed by atoms with Gasteiger partial charge in [0.25, 0.3) is 0 Å². The van der Waals surface area contributed by atoms with Gasteiger partial charge in [0.15, 0.2) is 0 Å². The van der Waals surface area contributed by atoms with Crippen molar-refractivity contribution in [2.75, 3.05) is 6.61 Å². The number of aliphatic hydroxyl groups is 1. The molecular formula is C6H9O4-. The SMILES string of the molecule is O=C([O-])CC(=O)CCCO. The van der Waals surface area contributed by atoms with Gasteiger partial charge in [-0.05, 0) is 6.42 Å². The molecule has 4 nitrogen and oxygen atoms in total. The Kier molecular flexibility index (Phi) is 4.49. The van der Waals surface area contributed by atoms with E-state index in [0.29, 0.717) is 6.42 Å². The van der Waals surface area contributed by atoms with Gasteiger partial charge in [-0.25, -0.2) is 0 Å². The van der Waals surface area contributed by atoms with Gasteiger partial charge in [-0.2, -0.15) is 0 Å². The summed E-state index contributed by atoms with van der Waals surface area (Å²) in [6, 6.07) is 0. The fourth-order valence-corrected chi connectivity index (χ4v) is 0.526. The van der Waals surface area contributed by atoms with Crippen LogP contribution in [0.4, 0.5) is 0 Å². The van der Waals surface area contributed by atoms with Gasteiger partial charge in [0.2, 0.25) is 0 Å². The minimum Gasteiger partial charge on any atom is -0.550 e. The van der Waals surface area contributed by atoms with Crippen molar-refractivity contribution in [2.24, 2.45) is 0 Å². The molecule has 0 fully saturated rings. The molecule has 0 radical (unpaired) electrons. The van der Waals surface area contributed by atoms with Crippen molar-refractivity contribution in [1.29, 1.82) is 0 Å².